The predicted octanol–water partition coefficient (Wildman–Crippen LogP) is 3.05. The molecule has 0 amide bonds. The van der Waals surface area contributed by atoms with Gasteiger partial charge in [0.1, 0.15) is 0 Å². The molecule has 0 saturated carbocycles. The van der Waals surface area contributed by atoms with Gasteiger partial charge < -0.3 is 15.1 Å². The van der Waals surface area contributed by atoms with Crippen LogP contribution in [-0.2, 0) is 6.54 Å². The summed E-state index contributed by atoms with van der Waals surface area (Å²) in [5, 5.41) is 3.45. The molecule has 23 heavy (non-hydrogen) atoms. The van der Waals surface area contributed by atoms with Crippen LogP contribution in [0.1, 0.15) is 25.3 Å². The average Bonchev–Trinajstić information content (AvgIpc) is 2.61. The third-order valence-electron chi connectivity index (χ3n) is 4.18. The summed E-state index contributed by atoms with van der Waals surface area (Å²) in [5.41, 5.74) is 2.64. The molecule has 128 valence electrons. The molecular formula is C18H30N4S. The standard InChI is InChI=1S/C18H30N4S/c1-4-5-10-21(3)18(19-2)20-15-16-6-8-17(9-7-16)22-11-13-23-14-12-22/h6-9H,4-5,10-15H2,1-3H3,(H,19,20). The molecule has 1 aromatic carbocycles. The van der Waals surface area contributed by atoms with Gasteiger partial charge in [-0.25, -0.2) is 0 Å². The van der Waals surface area contributed by atoms with Crippen molar-refractivity contribution in [3.05, 3.63) is 29.8 Å². The van der Waals surface area contributed by atoms with Gasteiger partial charge in [-0.2, -0.15) is 11.8 Å². The zero-order valence-corrected chi connectivity index (χ0v) is 15.5. The molecule has 1 N–H and O–H groups in total. The van der Waals surface area contributed by atoms with Crippen molar-refractivity contribution < 1.29 is 0 Å². The van der Waals surface area contributed by atoms with E-state index in [1.165, 1.54) is 35.6 Å². The van der Waals surface area contributed by atoms with Crippen molar-refractivity contribution in [2.75, 3.05) is 50.1 Å². The lowest BCUT2D eigenvalue weighted by Crippen LogP contribution is -2.39. The van der Waals surface area contributed by atoms with Crippen molar-refractivity contribution in [2.45, 2.75) is 26.3 Å². The molecule has 0 spiro atoms. The van der Waals surface area contributed by atoms with Gasteiger partial charge in [-0.15, -0.1) is 0 Å². The van der Waals surface area contributed by atoms with E-state index in [-0.39, 0.29) is 0 Å². The van der Waals surface area contributed by atoms with Crippen LogP contribution in [0, 0.1) is 0 Å². The Morgan fingerprint density at radius 1 is 1.26 bits per heavy atom. The summed E-state index contributed by atoms with van der Waals surface area (Å²) in [5.74, 6) is 3.45. The number of nitrogens with zero attached hydrogens (tertiary/aromatic N) is 3. The van der Waals surface area contributed by atoms with E-state index in [0.29, 0.717) is 0 Å². The summed E-state index contributed by atoms with van der Waals surface area (Å²) in [4.78, 5) is 9.04. The molecule has 1 aromatic rings. The van der Waals surface area contributed by atoms with Crippen LogP contribution in [0.15, 0.2) is 29.3 Å². The Kier molecular flexibility index (Phi) is 7.59. The number of aliphatic imine (C=N–C) groups is 1. The van der Waals surface area contributed by atoms with Gasteiger partial charge in [0.15, 0.2) is 5.96 Å². The van der Waals surface area contributed by atoms with E-state index in [9.17, 15) is 0 Å². The highest BCUT2D eigenvalue weighted by Crippen LogP contribution is 2.19. The first-order valence-corrected chi connectivity index (χ1v) is 9.73. The molecule has 1 heterocycles. The molecular weight excluding hydrogens is 304 g/mol. The fraction of sp³-hybridized carbons (Fsp3) is 0.611. The molecule has 5 heteroatoms. The number of hydrogen-bond acceptors (Lipinski definition) is 3. The van der Waals surface area contributed by atoms with Crippen LogP contribution in [0.2, 0.25) is 0 Å². The van der Waals surface area contributed by atoms with Gasteiger partial charge in [0, 0.05) is 57.5 Å². The summed E-state index contributed by atoms with van der Waals surface area (Å²) >= 11 is 2.05. The smallest absolute Gasteiger partial charge is 0.193 e. The summed E-state index contributed by atoms with van der Waals surface area (Å²) in [6, 6.07) is 8.94. The van der Waals surface area contributed by atoms with Crippen molar-refractivity contribution in [3.8, 4) is 0 Å². The normalized spacial score (nSPS) is 15.6. The first-order valence-electron chi connectivity index (χ1n) is 8.58. The van der Waals surface area contributed by atoms with Gasteiger partial charge in [-0.3, -0.25) is 4.99 Å². The van der Waals surface area contributed by atoms with E-state index in [0.717, 1.165) is 32.1 Å². The van der Waals surface area contributed by atoms with Gasteiger partial charge in [0.25, 0.3) is 0 Å². The third kappa shape index (κ3) is 5.65. The van der Waals surface area contributed by atoms with Crippen LogP contribution in [-0.4, -0.2) is 56.1 Å². The number of nitrogens with one attached hydrogen (secondary N) is 1. The van der Waals surface area contributed by atoms with Gasteiger partial charge in [-0.05, 0) is 24.1 Å². The fourth-order valence-electron chi connectivity index (χ4n) is 2.71. The molecule has 1 aliphatic rings. The summed E-state index contributed by atoms with van der Waals surface area (Å²) in [7, 11) is 3.95. The number of rotatable bonds is 6. The number of hydrogen-bond donors (Lipinski definition) is 1. The summed E-state index contributed by atoms with van der Waals surface area (Å²) < 4.78 is 0. The Morgan fingerprint density at radius 2 is 1.96 bits per heavy atom. The van der Waals surface area contributed by atoms with Crippen LogP contribution in [0.5, 0.6) is 0 Å². The lowest BCUT2D eigenvalue weighted by molar-refractivity contribution is 0.464. The van der Waals surface area contributed by atoms with E-state index in [2.05, 4.69) is 58.3 Å². The zero-order valence-electron chi connectivity index (χ0n) is 14.7. The number of anilines is 1. The van der Waals surface area contributed by atoms with Crippen LogP contribution < -0.4 is 10.2 Å². The second-order valence-corrected chi connectivity index (χ2v) is 7.17. The van der Waals surface area contributed by atoms with Gasteiger partial charge in [0.05, 0.1) is 0 Å². The van der Waals surface area contributed by atoms with E-state index in [4.69, 9.17) is 0 Å². The SMILES string of the molecule is CCCCN(C)C(=NC)NCc1ccc(N2CCSCC2)cc1. The highest BCUT2D eigenvalue weighted by atomic mass is 32.2. The van der Waals surface area contributed by atoms with E-state index in [1.54, 1.807) is 0 Å². The molecule has 0 unspecified atom stereocenters. The van der Waals surface area contributed by atoms with Crippen molar-refractivity contribution in [2.24, 2.45) is 4.99 Å². The lowest BCUT2D eigenvalue weighted by atomic mass is 10.2. The molecule has 0 aromatic heterocycles. The molecule has 0 atom stereocenters. The second kappa shape index (κ2) is 9.71. The van der Waals surface area contributed by atoms with Gasteiger partial charge >= 0.3 is 0 Å². The van der Waals surface area contributed by atoms with E-state index < -0.39 is 0 Å². The van der Waals surface area contributed by atoms with Crippen LogP contribution in [0.25, 0.3) is 0 Å². The number of guanidine groups is 1. The minimum Gasteiger partial charge on any atom is -0.370 e. The maximum Gasteiger partial charge on any atom is 0.193 e. The highest BCUT2D eigenvalue weighted by molar-refractivity contribution is 7.99. The summed E-state index contributed by atoms with van der Waals surface area (Å²) in [6.07, 6.45) is 2.40. The minimum atomic E-state index is 0.819. The maximum atomic E-state index is 4.37. The van der Waals surface area contributed by atoms with Crippen molar-refractivity contribution in [1.29, 1.82) is 0 Å². The second-order valence-electron chi connectivity index (χ2n) is 5.94. The molecule has 1 aliphatic heterocycles. The van der Waals surface area contributed by atoms with E-state index >= 15 is 0 Å². The molecule has 4 nitrogen and oxygen atoms in total. The first-order chi connectivity index (χ1) is 11.2. The quantitative estimate of drug-likeness (QED) is 0.640. The van der Waals surface area contributed by atoms with Crippen LogP contribution in [0.4, 0.5) is 5.69 Å². The first kappa shape index (κ1) is 18.0. The third-order valence-corrected chi connectivity index (χ3v) is 5.13. The van der Waals surface area contributed by atoms with Crippen molar-refractivity contribution in [3.63, 3.8) is 0 Å². The highest BCUT2D eigenvalue weighted by Gasteiger charge is 2.11. The fourth-order valence-corrected chi connectivity index (χ4v) is 3.62. The molecule has 2 rings (SSSR count). The number of benzene rings is 1. The monoisotopic (exact) mass is 334 g/mol. The Hall–Kier alpha value is -1.36. The van der Waals surface area contributed by atoms with E-state index in [1.807, 2.05) is 18.8 Å². The molecule has 0 aliphatic carbocycles. The van der Waals surface area contributed by atoms with Crippen LogP contribution in [0.3, 0.4) is 0 Å². The molecule has 0 radical (unpaired) electrons. The predicted molar refractivity (Wildman–Crippen MR) is 104 cm³/mol. The molecule has 1 saturated heterocycles. The molecule has 1 fully saturated rings. The molecule has 0 bridgehead atoms. The number of thioether (sulfide) groups is 1. The Bertz CT molecular complexity index is 480. The van der Waals surface area contributed by atoms with Crippen LogP contribution >= 0.6 is 11.8 Å². The van der Waals surface area contributed by atoms with Crippen molar-refractivity contribution >= 4 is 23.4 Å². The Morgan fingerprint density at radius 3 is 2.57 bits per heavy atom. The maximum absolute atomic E-state index is 4.37. The zero-order chi connectivity index (χ0) is 16.5. The lowest BCUT2D eigenvalue weighted by Gasteiger charge is -2.28. The average molecular weight is 335 g/mol. The largest absolute Gasteiger partial charge is 0.370 e. The summed E-state index contributed by atoms with van der Waals surface area (Å²) in [6.45, 7) is 6.40. The Labute approximate surface area is 145 Å². The number of unbranched alkanes of at least 4 members (excludes halogenated alkanes) is 1. The van der Waals surface area contributed by atoms with Crippen molar-refractivity contribution in [1.82, 2.24) is 10.2 Å². The minimum absolute atomic E-state index is 0.819. The topological polar surface area (TPSA) is 30.9 Å². The van der Waals surface area contributed by atoms with Gasteiger partial charge in [-0.1, -0.05) is 25.5 Å². The van der Waals surface area contributed by atoms with Gasteiger partial charge in [0.2, 0.25) is 0 Å². The Balaban J connectivity index is 1.85.